The third-order valence-corrected chi connectivity index (χ3v) is 2.79. The lowest BCUT2D eigenvalue weighted by molar-refractivity contribution is 0.0736. The van der Waals surface area contributed by atoms with Gasteiger partial charge in [-0.3, -0.25) is 9.89 Å². The number of aromatic amines is 1. The van der Waals surface area contributed by atoms with E-state index in [4.69, 9.17) is 4.74 Å². The zero-order valence-corrected chi connectivity index (χ0v) is 9.74. The highest BCUT2D eigenvalue weighted by Gasteiger charge is 2.22. The van der Waals surface area contributed by atoms with Crippen LogP contribution in [0.25, 0.3) is 0 Å². The second-order valence-corrected chi connectivity index (χ2v) is 4.69. The Hall–Kier alpha value is -0.880. The maximum Gasteiger partial charge on any atom is 0.271 e. The van der Waals surface area contributed by atoms with Crippen LogP contribution < -0.4 is 0 Å². The summed E-state index contributed by atoms with van der Waals surface area (Å²) in [6.07, 6.45) is 1.58. The SMILES string of the molecule is O=C(c1ccn[nH]1)N1CCOCC(Br)C1. The highest BCUT2D eigenvalue weighted by atomic mass is 79.9. The van der Waals surface area contributed by atoms with Gasteiger partial charge in [-0.1, -0.05) is 15.9 Å². The summed E-state index contributed by atoms with van der Waals surface area (Å²) in [4.78, 5) is 13.9. The molecule has 1 aliphatic heterocycles. The molecule has 1 unspecified atom stereocenters. The van der Waals surface area contributed by atoms with E-state index in [-0.39, 0.29) is 10.7 Å². The molecule has 1 aromatic heterocycles. The summed E-state index contributed by atoms with van der Waals surface area (Å²) >= 11 is 3.47. The highest BCUT2D eigenvalue weighted by Crippen LogP contribution is 2.10. The van der Waals surface area contributed by atoms with Crippen LogP contribution in [-0.4, -0.2) is 52.1 Å². The van der Waals surface area contributed by atoms with E-state index < -0.39 is 0 Å². The number of aromatic nitrogens is 2. The van der Waals surface area contributed by atoms with Crippen LogP contribution in [0, 0.1) is 0 Å². The van der Waals surface area contributed by atoms with E-state index in [1.165, 1.54) is 0 Å². The van der Waals surface area contributed by atoms with Crippen LogP contribution in [0.2, 0.25) is 0 Å². The summed E-state index contributed by atoms with van der Waals surface area (Å²) in [7, 11) is 0. The third kappa shape index (κ3) is 2.57. The fourth-order valence-corrected chi connectivity index (χ4v) is 2.04. The van der Waals surface area contributed by atoms with E-state index in [0.717, 1.165) is 0 Å². The molecule has 2 heterocycles. The minimum Gasteiger partial charge on any atom is -0.378 e. The smallest absolute Gasteiger partial charge is 0.271 e. The molecule has 0 bridgehead atoms. The Morgan fingerprint density at radius 3 is 3.33 bits per heavy atom. The molecular weight excluding hydrogens is 262 g/mol. The number of rotatable bonds is 1. The zero-order chi connectivity index (χ0) is 10.7. The van der Waals surface area contributed by atoms with Gasteiger partial charge in [0.15, 0.2) is 0 Å². The summed E-state index contributed by atoms with van der Waals surface area (Å²) in [6.45, 7) is 2.52. The third-order valence-electron chi connectivity index (χ3n) is 2.24. The lowest BCUT2D eigenvalue weighted by Crippen LogP contribution is -2.36. The van der Waals surface area contributed by atoms with Gasteiger partial charge in [0.05, 0.1) is 18.0 Å². The first-order valence-corrected chi connectivity index (χ1v) is 5.69. The quantitative estimate of drug-likeness (QED) is 0.765. The molecule has 1 aromatic rings. The number of hydrogen-bond donors (Lipinski definition) is 1. The van der Waals surface area contributed by atoms with Crippen molar-refractivity contribution in [1.29, 1.82) is 0 Å². The number of halogens is 1. The number of hydrogen-bond acceptors (Lipinski definition) is 3. The first-order valence-electron chi connectivity index (χ1n) is 4.78. The maximum absolute atomic E-state index is 11.9. The van der Waals surface area contributed by atoms with Crippen molar-refractivity contribution >= 4 is 21.8 Å². The van der Waals surface area contributed by atoms with Crippen molar-refractivity contribution in [3.63, 3.8) is 0 Å². The molecule has 1 fully saturated rings. The molecule has 1 N–H and O–H groups in total. The molecule has 82 valence electrons. The van der Waals surface area contributed by atoms with Crippen LogP contribution >= 0.6 is 15.9 Å². The van der Waals surface area contributed by atoms with E-state index in [1.807, 2.05) is 0 Å². The van der Waals surface area contributed by atoms with Crippen molar-refractivity contribution in [3.05, 3.63) is 18.0 Å². The van der Waals surface area contributed by atoms with Gasteiger partial charge in [0, 0.05) is 19.3 Å². The molecule has 0 spiro atoms. The van der Waals surface area contributed by atoms with Crippen molar-refractivity contribution < 1.29 is 9.53 Å². The topological polar surface area (TPSA) is 58.2 Å². The van der Waals surface area contributed by atoms with Crippen LogP contribution in [0.5, 0.6) is 0 Å². The van der Waals surface area contributed by atoms with Gasteiger partial charge in [0.25, 0.3) is 5.91 Å². The minimum absolute atomic E-state index is 0.0255. The Bertz CT molecular complexity index is 328. The Labute approximate surface area is 95.9 Å². The molecule has 15 heavy (non-hydrogen) atoms. The number of alkyl halides is 1. The predicted octanol–water partition coefficient (Wildman–Crippen LogP) is 0.646. The van der Waals surface area contributed by atoms with Crippen molar-refractivity contribution in [2.75, 3.05) is 26.3 Å². The maximum atomic E-state index is 11.9. The Morgan fingerprint density at radius 2 is 2.60 bits per heavy atom. The molecule has 1 saturated heterocycles. The highest BCUT2D eigenvalue weighted by molar-refractivity contribution is 9.09. The molecule has 1 amide bonds. The van der Waals surface area contributed by atoms with E-state index in [2.05, 4.69) is 26.1 Å². The molecule has 0 aliphatic carbocycles. The van der Waals surface area contributed by atoms with Crippen LogP contribution in [-0.2, 0) is 4.74 Å². The minimum atomic E-state index is -0.0255. The van der Waals surface area contributed by atoms with E-state index in [0.29, 0.717) is 32.0 Å². The molecule has 0 saturated carbocycles. The number of carbonyl (C=O) groups excluding carboxylic acids is 1. The van der Waals surface area contributed by atoms with Crippen LogP contribution in [0.3, 0.4) is 0 Å². The first-order chi connectivity index (χ1) is 7.27. The standard InChI is InChI=1S/C9H12BrN3O2/c10-7-5-13(3-4-15-6-7)9(14)8-1-2-11-12-8/h1-2,7H,3-6H2,(H,11,12). The first kappa shape index (κ1) is 10.6. The van der Waals surface area contributed by atoms with Crippen LogP contribution in [0.4, 0.5) is 0 Å². The summed E-state index contributed by atoms with van der Waals surface area (Å²) < 4.78 is 5.34. The summed E-state index contributed by atoms with van der Waals surface area (Å²) in [6, 6.07) is 1.68. The molecule has 5 nitrogen and oxygen atoms in total. The zero-order valence-electron chi connectivity index (χ0n) is 8.15. The Kier molecular flexibility index (Phi) is 3.37. The van der Waals surface area contributed by atoms with Gasteiger partial charge in [0.2, 0.25) is 0 Å². The average Bonchev–Trinajstić information content (AvgIpc) is 2.67. The van der Waals surface area contributed by atoms with Crippen molar-refractivity contribution in [2.24, 2.45) is 0 Å². The van der Waals surface area contributed by atoms with Gasteiger partial charge in [-0.25, -0.2) is 0 Å². The molecule has 0 radical (unpaired) electrons. The van der Waals surface area contributed by atoms with Crippen LogP contribution in [0.1, 0.15) is 10.5 Å². The fraction of sp³-hybridized carbons (Fsp3) is 0.556. The largest absolute Gasteiger partial charge is 0.378 e. The van der Waals surface area contributed by atoms with Gasteiger partial charge in [-0.05, 0) is 6.07 Å². The molecule has 1 atom stereocenters. The van der Waals surface area contributed by atoms with Gasteiger partial charge in [0.1, 0.15) is 5.69 Å². The van der Waals surface area contributed by atoms with Crippen molar-refractivity contribution in [3.8, 4) is 0 Å². The van der Waals surface area contributed by atoms with E-state index in [1.54, 1.807) is 17.2 Å². The molecular formula is C9H12BrN3O2. The van der Waals surface area contributed by atoms with E-state index >= 15 is 0 Å². The monoisotopic (exact) mass is 273 g/mol. The second kappa shape index (κ2) is 4.76. The number of nitrogens with zero attached hydrogens (tertiary/aromatic N) is 2. The summed E-state index contributed by atoms with van der Waals surface area (Å²) in [5.41, 5.74) is 0.525. The van der Waals surface area contributed by atoms with Gasteiger partial charge >= 0.3 is 0 Å². The van der Waals surface area contributed by atoms with Crippen molar-refractivity contribution in [2.45, 2.75) is 4.83 Å². The van der Waals surface area contributed by atoms with Gasteiger partial charge < -0.3 is 9.64 Å². The number of H-pyrrole nitrogens is 1. The van der Waals surface area contributed by atoms with Gasteiger partial charge in [-0.2, -0.15) is 5.10 Å². The number of nitrogens with one attached hydrogen (secondary N) is 1. The predicted molar refractivity (Wildman–Crippen MR) is 58.0 cm³/mol. The Morgan fingerprint density at radius 1 is 1.73 bits per heavy atom. The number of amides is 1. The van der Waals surface area contributed by atoms with E-state index in [9.17, 15) is 4.79 Å². The molecule has 0 aromatic carbocycles. The average molecular weight is 274 g/mol. The molecule has 6 heteroatoms. The summed E-state index contributed by atoms with van der Waals surface area (Å²) in [5, 5.41) is 6.44. The van der Waals surface area contributed by atoms with Crippen LogP contribution in [0.15, 0.2) is 12.3 Å². The second-order valence-electron chi connectivity index (χ2n) is 3.39. The number of carbonyl (C=O) groups is 1. The van der Waals surface area contributed by atoms with Gasteiger partial charge in [-0.15, -0.1) is 0 Å². The number of ether oxygens (including phenoxy) is 1. The Balaban J connectivity index is 2.06. The molecule has 1 aliphatic rings. The summed E-state index contributed by atoms with van der Waals surface area (Å²) in [5.74, 6) is -0.0255. The lowest BCUT2D eigenvalue weighted by Gasteiger charge is -2.20. The molecule has 2 rings (SSSR count). The van der Waals surface area contributed by atoms with Crippen molar-refractivity contribution in [1.82, 2.24) is 15.1 Å². The lowest BCUT2D eigenvalue weighted by atomic mass is 10.3. The normalized spacial score (nSPS) is 22.5. The fourth-order valence-electron chi connectivity index (χ4n) is 1.50.